The lowest BCUT2D eigenvalue weighted by Gasteiger charge is -2.27. The molecule has 1 N–H and O–H groups in total. The van der Waals surface area contributed by atoms with Gasteiger partial charge in [0.05, 0.1) is 0 Å². The molecule has 0 saturated heterocycles. The summed E-state index contributed by atoms with van der Waals surface area (Å²) in [6.45, 7) is 5.70. The molecule has 1 unspecified atom stereocenters. The second kappa shape index (κ2) is 5.31. The quantitative estimate of drug-likeness (QED) is 0.776. The van der Waals surface area contributed by atoms with E-state index in [1.54, 1.807) is 0 Å². The van der Waals surface area contributed by atoms with Crippen molar-refractivity contribution in [3.63, 3.8) is 0 Å². The van der Waals surface area contributed by atoms with Gasteiger partial charge in [-0.25, -0.2) is 0 Å². The van der Waals surface area contributed by atoms with Crippen LogP contribution < -0.4 is 5.32 Å². The minimum absolute atomic E-state index is 0.402. The predicted molar refractivity (Wildman–Crippen MR) is 63.9 cm³/mol. The summed E-state index contributed by atoms with van der Waals surface area (Å²) in [5.74, 6) is 0. The Hall–Kier alpha value is -0.830. The van der Waals surface area contributed by atoms with Crippen LogP contribution in [0.3, 0.4) is 0 Å². The van der Waals surface area contributed by atoms with Gasteiger partial charge in [-0.05, 0) is 37.8 Å². The van der Waals surface area contributed by atoms with E-state index in [0.29, 0.717) is 5.41 Å². The van der Waals surface area contributed by atoms with Gasteiger partial charge >= 0.3 is 0 Å². The molecule has 3 heteroatoms. The maximum atomic E-state index is 4.19. The van der Waals surface area contributed by atoms with E-state index in [4.69, 9.17) is 0 Å². The minimum atomic E-state index is 0.402. The number of nitrogens with zero attached hydrogens (tertiary/aromatic N) is 2. The second-order valence-electron chi connectivity index (χ2n) is 4.64. The van der Waals surface area contributed by atoms with Crippen LogP contribution in [-0.4, -0.2) is 23.4 Å². The van der Waals surface area contributed by atoms with Gasteiger partial charge in [0.25, 0.3) is 0 Å². The van der Waals surface area contributed by atoms with Crippen molar-refractivity contribution in [2.75, 3.05) is 13.6 Å². The summed E-state index contributed by atoms with van der Waals surface area (Å²) in [4.78, 5) is 0. The number of nitrogens with one attached hydrogen (secondary N) is 1. The highest BCUT2D eigenvalue weighted by atomic mass is 15.2. The predicted octanol–water partition coefficient (Wildman–Crippen LogP) is 1.99. The molecular formula is C12H23N3. The van der Waals surface area contributed by atoms with E-state index in [1.165, 1.54) is 18.5 Å². The molecule has 0 amide bonds. The molecule has 0 fully saturated rings. The van der Waals surface area contributed by atoms with Crippen molar-refractivity contribution in [2.45, 2.75) is 33.1 Å². The van der Waals surface area contributed by atoms with Gasteiger partial charge < -0.3 is 5.32 Å². The smallest absolute Gasteiger partial charge is 0.0492 e. The lowest BCUT2D eigenvalue weighted by Crippen LogP contribution is -2.29. The monoisotopic (exact) mass is 209 g/mol. The average molecular weight is 209 g/mol. The van der Waals surface area contributed by atoms with Gasteiger partial charge in [0.1, 0.15) is 0 Å². The van der Waals surface area contributed by atoms with Gasteiger partial charge in [0.2, 0.25) is 0 Å². The van der Waals surface area contributed by atoms with E-state index in [0.717, 1.165) is 13.0 Å². The van der Waals surface area contributed by atoms with Crippen molar-refractivity contribution in [3.05, 3.63) is 18.0 Å². The van der Waals surface area contributed by atoms with Crippen LogP contribution in [0, 0.1) is 5.41 Å². The van der Waals surface area contributed by atoms with E-state index >= 15 is 0 Å². The Morgan fingerprint density at radius 3 is 2.73 bits per heavy atom. The normalized spacial score (nSPS) is 15.2. The Bertz CT molecular complexity index is 293. The third-order valence-corrected chi connectivity index (χ3v) is 3.36. The summed E-state index contributed by atoms with van der Waals surface area (Å²) in [7, 11) is 4.04. The molecule has 1 atom stereocenters. The van der Waals surface area contributed by atoms with E-state index < -0.39 is 0 Å². The third kappa shape index (κ3) is 3.34. The largest absolute Gasteiger partial charge is 0.319 e. The molecule has 1 aromatic rings. The zero-order valence-corrected chi connectivity index (χ0v) is 10.4. The van der Waals surface area contributed by atoms with Crippen LogP contribution in [0.25, 0.3) is 0 Å². The fraction of sp³-hybridized carbons (Fsp3) is 0.750. The SMILES string of the molecule is CCC(C)(CCc1ccnn1C)CNC. The van der Waals surface area contributed by atoms with Crippen LogP contribution in [0.15, 0.2) is 12.3 Å². The van der Waals surface area contributed by atoms with Gasteiger partial charge in [-0.2, -0.15) is 5.10 Å². The topological polar surface area (TPSA) is 29.9 Å². The molecule has 86 valence electrons. The first-order chi connectivity index (χ1) is 7.11. The van der Waals surface area contributed by atoms with Crippen LogP contribution >= 0.6 is 0 Å². The van der Waals surface area contributed by atoms with Crippen molar-refractivity contribution in [2.24, 2.45) is 12.5 Å². The highest BCUT2D eigenvalue weighted by Crippen LogP contribution is 2.26. The molecule has 0 aliphatic heterocycles. The van der Waals surface area contributed by atoms with E-state index in [2.05, 4.69) is 30.3 Å². The fourth-order valence-electron chi connectivity index (χ4n) is 1.89. The molecule has 1 heterocycles. The van der Waals surface area contributed by atoms with E-state index in [1.807, 2.05) is 25.0 Å². The minimum Gasteiger partial charge on any atom is -0.319 e. The standard InChI is InChI=1S/C12H23N3/c1-5-12(2,10-13-3)8-6-11-7-9-14-15(11)4/h7,9,13H,5-6,8,10H2,1-4H3. The third-order valence-electron chi connectivity index (χ3n) is 3.36. The maximum absolute atomic E-state index is 4.19. The Kier molecular flexibility index (Phi) is 4.33. The Labute approximate surface area is 92.9 Å². The van der Waals surface area contributed by atoms with Crippen LogP contribution in [0.2, 0.25) is 0 Å². The molecule has 0 saturated carbocycles. The second-order valence-corrected chi connectivity index (χ2v) is 4.64. The van der Waals surface area contributed by atoms with E-state index in [-0.39, 0.29) is 0 Å². The molecule has 0 spiro atoms. The lowest BCUT2D eigenvalue weighted by molar-refractivity contribution is 0.275. The molecule has 0 aliphatic carbocycles. The molecule has 0 aromatic carbocycles. The zero-order chi connectivity index (χ0) is 11.3. The van der Waals surface area contributed by atoms with Crippen LogP contribution in [0.4, 0.5) is 0 Å². The summed E-state index contributed by atoms with van der Waals surface area (Å²) in [5, 5.41) is 7.47. The Morgan fingerprint density at radius 1 is 1.53 bits per heavy atom. The summed E-state index contributed by atoms with van der Waals surface area (Å²) < 4.78 is 1.97. The van der Waals surface area contributed by atoms with Gasteiger partial charge in [-0.15, -0.1) is 0 Å². The molecule has 1 aromatic heterocycles. The summed E-state index contributed by atoms with van der Waals surface area (Å²) in [6.07, 6.45) is 5.41. The summed E-state index contributed by atoms with van der Waals surface area (Å²) >= 11 is 0. The number of hydrogen-bond donors (Lipinski definition) is 1. The average Bonchev–Trinajstić information content (AvgIpc) is 2.62. The van der Waals surface area contributed by atoms with Crippen molar-refractivity contribution in [3.8, 4) is 0 Å². The lowest BCUT2D eigenvalue weighted by atomic mass is 9.82. The Morgan fingerprint density at radius 2 is 2.27 bits per heavy atom. The first kappa shape index (κ1) is 12.2. The van der Waals surface area contributed by atoms with Crippen molar-refractivity contribution in [1.29, 1.82) is 0 Å². The van der Waals surface area contributed by atoms with Crippen molar-refractivity contribution in [1.82, 2.24) is 15.1 Å². The van der Waals surface area contributed by atoms with Crippen LogP contribution in [0.1, 0.15) is 32.4 Å². The first-order valence-electron chi connectivity index (χ1n) is 5.73. The highest BCUT2D eigenvalue weighted by molar-refractivity contribution is 5.00. The maximum Gasteiger partial charge on any atom is 0.0492 e. The van der Waals surface area contributed by atoms with Gasteiger partial charge in [0.15, 0.2) is 0 Å². The van der Waals surface area contributed by atoms with Crippen molar-refractivity contribution < 1.29 is 0 Å². The zero-order valence-electron chi connectivity index (χ0n) is 10.4. The first-order valence-corrected chi connectivity index (χ1v) is 5.73. The number of rotatable bonds is 6. The van der Waals surface area contributed by atoms with E-state index in [9.17, 15) is 0 Å². The molecule has 3 nitrogen and oxygen atoms in total. The molecule has 0 aliphatic rings. The molecule has 0 radical (unpaired) electrons. The van der Waals surface area contributed by atoms with Crippen LogP contribution in [-0.2, 0) is 13.5 Å². The molecule has 1 rings (SSSR count). The summed E-state index contributed by atoms with van der Waals surface area (Å²) in [6, 6.07) is 2.11. The van der Waals surface area contributed by atoms with Gasteiger partial charge in [0, 0.05) is 25.5 Å². The number of aromatic nitrogens is 2. The molecule has 15 heavy (non-hydrogen) atoms. The molecule has 0 bridgehead atoms. The van der Waals surface area contributed by atoms with Crippen LogP contribution in [0.5, 0.6) is 0 Å². The van der Waals surface area contributed by atoms with Gasteiger partial charge in [-0.3, -0.25) is 4.68 Å². The molecular weight excluding hydrogens is 186 g/mol. The highest BCUT2D eigenvalue weighted by Gasteiger charge is 2.21. The summed E-state index contributed by atoms with van der Waals surface area (Å²) in [5.41, 5.74) is 1.73. The Balaban J connectivity index is 2.51. The van der Waals surface area contributed by atoms with Crippen molar-refractivity contribution >= 4 is 0 Å². The van der Waals surface area contributed by atoms with Gasteiger partial charge in [-0.1, -0.05) is 13.8 Å². The fourth-order valence-corrected chi connectivity index (χ4v) is 1.89. The number of aryl methyl sites for hydroxylation is 2. The number of hydrogen-bond acceptors (Lipinski definition) is 2.